The molecule has 0 saturated carbocycles. The molecule has 7 nitrogen and oxygen atoms in total. The maximum Gasteiger partial charge on any atom is 0.242 e. The summed E-state index contributed by atoms with van der Waals surface area (Å²) >= 11 is 0. The number of hydrogen-bond acceptors (Lipinski definition) is 4. The van der Waals surface area contributed by atoms with E-state index in [2.05, 4.69) is 5.32 Å². The molecule has 0 aliphatic rings. The predicted molar refractivity (Wildman–Crippen MR) is 152 cm³/mol. The van der Waals surface area contributed by atoms with E-state index < -0.39 is 21.9 Å². The third-order valence-electron chi connectivity index (χ3n) is 6.57. The highest BCUT2D eigenvalue weighted by Gasteiger charge is 2.30. The largest absolute Gasteiger partial charge is 0.357 e. The molecule has 1 N–H and O–H groups in total. The average Bonchev–Trinajstić information content (AvgIpc) is 2.90. The first-order valence-corrected chi connectivity index (χ1v) is 14.7. The Balaban J connectivity index is 1.86. The molecule has 0 aromatic heterocycles. The fourth-order valence-corrected chi connectivity index (χ4v) is 5.49. The zero-order valence-electron chi connectivity index (χ0n) is 22.9. The Morgan fingerprint density at radius 1 is 0.949 bits per heavy atom. The second-order valence-corrected chi connectivity index (χ2v) is 11.6. The van der Waals surface area contributed by atoms with E-state index in [9.17, 15) is 22.4 Å². The van der Waals surface area contributed by atoms with Gasteiger partial charge >= 0.3 is 0 Å². The highest BCUT2D eigenvalue weighted by molar-refractivity contribution is 7.92. The van der Waals surface area contributed by atoms with Crippen molar-refractivity contribution in [1.29, 1.82) is 0 Å². The van der Waals surface area contributed by atoms with Gasteiger partial charge in [0.15, 0.2) is 0 Å². The number of anilines is 1. The Kier molecular flexibility index (Phi) is 10.2. The number of carbonyl (C=O) groups excluding carboxylic acids is 2. The van der Waals surface area contributed by atoms with E-state index in [4.69, 9.17) is 0 Å². The Labute approximate surface area is 230 Å². The monoisotopic (exact) mass is 553 g/mol. The van der Waals surface area contributed by atoms with Crippen LogP contribution in [-0.2, 0) is 32.6 Å². The van der Waals surface area contributed by atoms with Gasteiger partial charge in [-0.2, -0.15) is 0 Å². The zero-order valence-corrected chi connectivity index (χ0v) is 23.7. The van der Waals surface area contributed by atoms with Crippen LogP contribution in [0, 0.1) is 19.7 Å². The number of hydrogen-bond donors (Lipinski definition) is 1. The molecule has 3 aromatic carbocycles. The molecule has 0 bridgehead atoms. The van der Waals surface area contributed by atoms with Crippen LogP contribution >= 0.6 is 0 Å². The summed E-state index contributed by atoms with van der Waals surface area (Å²) < 4.78 is 40.2. The van der Waals surface area contributed by atoms with Crippen molar-refractivity contribution in [2.24, 2.45) is 0 Å². The Morgan fingerprint density at radius 2 is 1.62 bits per heavy atom. The summed E-state index contributed by atoms with van der Waals surface area (Å²) in [7, 11) is -2.07. The molecule has 0 aliphatic carbocycles. The molecule has 0 fully saturated rings. The summed E-state index contributed by atoms with van der Waals surface area (Å²) in [5, 5.41) is 2.66. The lowest BCUT2D eigenvalue weighted by Gasteiger charge is -2.31. The van der Waals surface area contributed by atoms with E-state index >= 15 is 0 Å². The number of likely N-dealkylation sites (N-methyl/N-ethyl adjacent to an activating group) is 1. The maximum atomic E-state index is 13.7. The lowest BCUT2D eigenvalue weighted by molar-refractivity contribution is -0.141. The summed E-state index contributed by atoms with van der Waals surface area (Å²) in [5.41, 5.74) is 3.90. The highest BCUT2D eigenvalue weighted by atomic mass is 32.2. The molecule has 0 saturated heterocycles. The molecule has 0 heterocycles. The molecular weight excluding hydrogens is 517 g/mol. The van der Waals surface area contributed by atoms with Gasteiger partial charge in [0.2, 0.25) is 21.8 Å². The number of nitrogens with zero attached hydrogens (tertiary/aromatic N) is 2. The number of carbonyl (C=O) groups is 2. The van der Waals surface area contributed by atoms with Gasteiger partial charge in [-0.1, -0.05) is 54.6 Å². The molecule has 0 spiro atoms. The summed E-state index contributed by atoms with van der Waals surface area (Å²) in [5.74, 6) is -1.00. The van der Waals surface area contributed by atoms with Crippen LogP contribution in [0.25, 0.3) is 0 Å². The minimum absolute atomic E-state index is 0.0281. The Bertz CT molecular complexity index is 1380. The van der Waals surface area contributed by atoms with E-state index in [0.717, 1.165) is 22.9 Å². The number of amides is 2. The molecule has 9 heteroatoms. The second-order valence-electron chi connectivity index (χ2n) is 9.70. The molecule has 1 unspecified atom stereocenters. The van der Waals surface area contributed by atoms with Crippen LogP contribution in [0.1, 0.15) is 35.1 Å². The van der Waals surface area contributed by atoms with Crippen LogP contribution in [0.15, 0.2) is 72.8 Å². The summed E-state index contributed by atoms with van der Waals surface area (Å²) in [6, 6.07) is 20.0. The van der Waals surface area contributed by atoms with Crippen LogP contribution in [0.2, 0.25) is 0 Å². The molecule has 2 amide bonds. The molecule has 3 rings (SSSR count). The Morgan fingerprint density at radius 3 is 2.23 bits per heavy atom. The van der Waals surface area contributed by atoms with Gasteiger partial charge in [0.05, 0.1) is 11.9 Å². The predicted octanol–water partition coefficient (Wildman–Crippen LogP) is 4.37. The van der Waals surface area contributed by atoms with Crippen molar-refractivity contribution in [3.8, 4) is 0 Å². The van der Waals surface area contributed by atoms with Gasteiger partial charge in [0.25, 0.3) is 0 Å². The second kappa shape index (κ2) is 13.4. The van der Waals surface area contributed by atoms with Gasteiger partial charge in [0.1, 0.15) is 11.9 Å². The van der Waals surface area contributed by atoms with Gasteiger partial charge in [-0.3, -0.25) is 13.9 Å². The fourth-order valence-electron chi connectivity index (χ4n) is 4.48. The first-order chi connectivity index (χ1) is 18.5. The normalized spacial score (nSPS) is 12.0. The van der Waals surface area contributed by atoms with E-state index in [-0.39, 0.29) is 37.7 Å². The SMILES string of the molecule is CNC(=O)C(Cc1ccccc1)N(Cc1ccc(F)cc1)C(=O)CCCN(c1cc(C)ccc1C)S(C)(=O)=O. The minimum atomic E-state index is -3.59. The summed E-state index contributed by atoms with van der Waals surface area (Å²) in [6.07, 6.45) is 1.73. The van der Waals surface area contributed by atoms with Crippen LogP contribution in [0.3, 0.4) is 0 Å². The van der Waals surface area contributed by atoms with Crippen LogP contribution in [0.4, 0.5) is 10.1 Å². The number of aryl methyl sites for hydroxylation is 2. The van der Waals surface area contributed by atoms with E-state index in [1.165, 1.54) is 28.4 Å². The molecular formula is C30H36FN3O4S. The van der Waals surface area contributed by atoms with E-state index in [0.29, 0.717) is 17.7 Å². The van der Waals surface area contributed by atoms with Crippen molar-refractivity contribution in [2.75, 3.05) is 24.2 Å². The highest BCUT2D eigenvalue weighted by Crippen LogP contribution is 2.25. The smallest absolute Gasteiger partial charge is 0.242 e. The van der Waals surface area contributed by atoms with Gasteiger partial charge in [-0.05, 0) is 60.7 Å². The number of rotatable bonds is 12. The van der Waals surface area contributed by atoms with Crippen molar-refractivity contribution in [2.45, 2.75) is 45.7 Å². The number of halogens is 1. The molecule has 3 aromatic rings. The standard InChI is InChI=1S/C30H36FN3O4S/c1-22-12-13-23(2)27(19-22)34(39(4,37)38)18-8-11-29(35)33(21-25-14-16-26(31)17-15-25)28(30(36)32-3)20-24-9-6-5-7-10-24/h5-7,9-10,12-17,19,28H,8,11,18,20-21H2,1-4H3,(H,32,36). The molecule has 39 heavy (non-hydrogen) atoms. The third-order valence-corrected chi connectivity index (χ3v) is 7.75. The lowest BCUT2D eigenvalue weighted by Crippen LogP contribution is -2.49. The average molecular weight is 554 g/mol. The van der Waals surface area contributed by atoms with Crippen molar-refractivity contribution in [3.05, 3.63) is 101 Å². The van der Waals surface area contributed by atoms with Crippen LogP contribution in [-0.4, -0.2) is 51.0 Å². The van der Waals surface area contributed by atoms with Crippen molar-refractivity contribution >= 4 is 27.5 Å². The Hall–Kier alpha value is -3.72. The van der Waals surface area contributed by atoms with Gasteiger partial charge in [-0.15, -0.1) is 0 Å². The molecule has 0 aliphatic heterocycles. The first kappa shape index (κ1) is 29.8. The topological polar surface area (TPSA) is 86.8 Å². The number of sulfonamides is 1. The zero-order chi connectivity index (χ0) is 28.6. The van der Waals surface area contributed by atoms with Crippen LogP contribution in [0.5, 0.6) is 0 Å². The lowest BCUT2D eigenvalue weighted by atomic mass is 10.0. The first-order valence-electron chi connectivity index (χ1n) is 12.8. The third kappa shape index (κ3) is 8.38. The van der Waals surface area contributed by atoms with E-state index in [1.807, 2.05) is 62.4 Å². The minimum Gasteiger partial charge on any atom is -0.357 e. The molecule has 1 atom stereocenters. The summed E-state index contributed by atoms with van der Waals surface area (Å²) in [6.45, 7) is 3.96. The van der Waals surface area contributed by atoms with Crippen LogP contribution < -0.4 is 9.62 Å². The van der Waals surface area contributed by atoms with E-state index in [1.54, 1.807) is 12.1 Å². The fraction of sp³-hybridized carbons (Fsp3) is 0.333. The maximum absolute atomic E-state index is 13.7. The van der Waals surface area contributed by atoms with Crippen molar-refractivity contribution in [3.63, 3.8) is 0 Å². The van der Waals surface area contributed by atoms with Gasteiger partial charge < -0.3 is 10.2 Å². The summed E-state index contributed by atoms with van der Waals surface area (Å²) in [4.78, 5) is 28.2. The molecule has 0 radical (unpaired) electrons. The molecule has 208 valence electrons. The van der Waals surface area contributed by atoms with Crippen molar-refractivity contribution < 1.29 is 22.4 Å². The van der Waals surface area contributed by atoms with Gasteiger partial charge in [-0.25, -0.2) is 12.8 Å². The van der Waals surface area contributed by atoms with Crippen molar-refractivity contribution in [1.82, 2.24) is 10.2 Å². The number of benzene rings is 3. The quantitative estimate of drug-likeness (QED) is 0.361. The van der Waals surface area contributed by atoms with Gasteiger partial charge in [0, 0.05) is 33.0 Å². The number of nitrogens with one attached hydrogen (secondary N) is 1.